The zero-order chi connectivity index (χ0) is 16.8. The summed E-state index contributed by atoms with van der Waals surface area (Å²) in [5, 5.41) is 6.71. The van der Waals surface area contributed by atoms with Gasteiger partial charge in [0.2, 0.25) is 5.91 Å². The first-order valence-electron chi connectivity index (χ1n) is 8.41. The highest BCUT2D eigenvalue weighted by atomic mass is 32.1. The number of carbonyl (C=O) groups is 2. The van der Waals surface area contributed by atoms with Crippen LogP contribution in [0.4, 0.5) is 5.00 Å². The molecule has 1 aromatic rings. The molecule has 0 aromatic carbocycles. The molecule has 0 aliphatic heterocycles. The van der Waals surface area contributed by atoms with Crippen molar-refractivity contribution in [2.75, 3.05) is 18.5 Å². The molecular formula is C17H26N2O3S. The van der Waals surface area contributed by atoms with Crippen molar-refractivity contribution in [1.29, 1.82) is 0 Å². The molecule has 1 aromatic heterocycles. The summed E-state index contributed by atoms with van der Waals surface area (Å²) in [6, 6.07) is 0.293. The summed E-state index contributed by atoms with van der Waals surface area (Å²) in [5.41, 5.74) is 1.65. The Morgan fingerprint density at radius 1 is 1.26 bits per heavy atom. The van der Waals surface area contributed by atoms with Crippen LogP contribution in [0.25, 0.3) is 0 Å². The number of hydrogen-bond donors (Lipinski definition) is 2. The fourth-order valence-corrected chi connectivity index (χ4v) is 3.95. The van der Waals surface area contributed by atoms with E-state index in [1.807, 2.05) is 6.92 Å². The van der Waals surface area contributed by atoms with Gasteiger partial charge in [0.05, 0.1) is 18.7 Å². The van der Waals surface area contributed by atoms with Crippen molar-refractivity contribution < 1.29 is 14.3 Å². The SMILES string of the molecule is CCOC(=O)c1c(NC(=O)CNC(C)CC)sc2c1CCCC2. The predicted molar refractivity (Wildman–Crippen MR) is 93.3 cm³/mol. The van der Waals surface area contributed by atoms with Crippen LogP contribution in [0.5, 0.6) is 0 Å². The van der Waals surface area contributed by atoms with E-state index in [0.717, 1.165) is 37.7 Å². The Hall–Kier alpha value is -1.40. The number of amides is 1. The van der Waals surface area contributed by atoms with E-state index in [1.54, 1.807) is 6.92 Å². The van der Waals surface area contributed by atoms with Crippen molar-refractivity contribution in [3.8, 4) is 0 Å². The van der Waals surface area contributed by atoms with Crippen LogP contribution >= 0.6 is 11.3 Å². The summed E-state index contributed by atoms with van der Waals surface area (Å²) >= 11 is 1.52. The molecule has 0 fully saturated rings. The lowest BCUT2D eigenvalue weighted by Gasteiger charge is -2.13. The van der Waals surface area contributed by atoms with Crippen LogP contribution in [-0.4, -0.2) is 31.1 Å². The average Bonchev–Trinajstić information content (AvgIpc) is 2.90. The number of rotatable bonds is 7. The first kappa shape index (κ1) is 17.9. The monoisotopic (exact) mass is 338 g/mol. The molecular weight excluding hydrogens is 312 g/mol. The van der Waals surface area contributed by atoms with E-state index in [1.165, 1.54) is 16.2 Å². The average molecular weight is 338 g/mol. The third-order valence-electron chi connectivity index (χ3n) is 4.13. The van der Waals surface area contributed by atoms with Gasteiger partial charge in [0, 0.05) is 10.9 Å². The van der Waals surface area contributed by atoms with Gasteiger partial charge in [-0.3, -0.25) is 4.79 Å². The van der Waals surface area contributed by atoms with Crippen molar-refractivity contribution in [3.63, 3.8) is 0 Å². The van der Waals surface area contributed by atoms with Gasteiger partial charge in [0.1, 0.15) is 5.00 Å². The molecule has 128 valence electrons. The van der Waals surface area contributed by atoms with Crippen molar-refractivity contribution in [2.24, 2.45) is 0 Å². The van der Waals surface area contributed by atoms with Crippen molar-refractivity contribution in [3.05, 3.63) is 16.0 Å². The molecule has 2 rings (SSSR count). The van der Waals surface area contributed by atoms with Crippen LogP contribution in [0.3, 0.4) is 0 Å². The molecule has 1 heterocycles. The van der Waals surface area contributed by atoms with Gasteiger partial charge in [-0.2, -0.15) is 0 Å². The third kappa shape index (κ3) is 4.54. The van der Waals surface area contributed by atoms with E-state index in [-0.39, 0.29) is 18.4 Å². The maximum Gasteiger partial charge on any atom is 0.341 e. The Bertz CT molecular complexity index is 568. The van der Waals surface area contributed by atoms with E-state index in [4.69, 9.17) is 4.74 Å². The molecule has 0 saturated carbocycles. The minimum Gasteiger partial charge on any atom is -0.462 e. The summed E-state index contributed by atoms with van der Waals surface area (Å²) in [4.78, 5) is 25.7. The smallest absolute Gasteiger partial charge is 0.341 e. The summed E-state index contributed by atoms with van der Waals surface area (Å²) in [5.74, 6) is -0.438. The molecule has 1 unspecified atom stereocenters. The Labute approximate surface area is 141 Å². The highest BCUT2D eigenvalue weighted by Crippen LogP contribution is 2.38. The van der Waals surface area contributed by atoms with Crippen LogP contribution in [-0.2, 0) is 22.4 Å². The highest BCUT2D eigenvalue weighted by Gasteiger charge is 2.27. The molecule has 5 nitrogen and oxygen atoms in total. The van der Waals surface area contributed by atoms with Crippen molar-refractivity contribution >= 4 is 28.2 Å². The van der Waals surface area contributed by atoms with Crippen LogP contribution in [0, 0.1) is 0 Å². The Morgan fingerprint density at radius 3 is 2.70 bits per heavy atom. The second kappa shape index (κ2) is 8.45. The van der Waals surface area contributed by atoms with Crippen molar-refractivity contribution in [2.45, 2.75) is 58.9 Å². The topological polar surface area (TPSA) is 67.4 Å². The van der Waals surface area contributed by atoms with Crippen molar-refractivity contribution in [1.82, 2.24) is 5.32 Å². The van der Waals surface area contributed by atoms with Gasteiger partial charge in [-0.05, 0) is 51.5 Å². The fraction of sp³-hybridized carbons (Fsp3) is 0.647. The molecule has 0 spiro atoms. The lowest BCUT2D eigenvalue weighted by atomic mass is 9.95. The Kier molecular flexibility index (Phi) is 6.59. The maximum atomic E-state index is 12.3. The summed E-state index contributed by atoms with van der Waals surface area (Å²) in [7, 11) is 0. The van der Waals surface area contributed by atoms with Gasteiger partial charge in [-0.25, -0.2) is 4.79 Å². The number of thiophene rings is 1. The summed E-state index contributed by atoms with van der Waals surface area (Å²) < 4.78 is 5.19. The van der Waals surface area contributed by atoms with Gasteiger partial charge >= 0.3 is 5.97 Å². The van der Waals surface area contributed by atoms with Gasteiger partial charge in [-0.1, -0.05) is 6.92 Å². The van der Waals surface area contributed by atoms with Gasteiger partial charge in [0.15, 0.2) is 0 Å². The van der Waals surface area contributed by atoms with E-state index >= 15 is 0 Å². The minimum atomic E-state index is -0.322. The molecule has 6 heteroatoms. The normalized spacial score (nSPS) is 14.9. The van der Waals surface area contributed by atoms with Crippen LogP contribution in [0.1, 0.15) is 60.8 Å². The first-order valence-corrected chi connectivity index (χ1v) is 9.23. The number of fused-ring (bicyclic) bond motifs is 1. The number of nitrogens with one attached hydrogen (secondary N) is 2. The lowest BCUT2D eigenvalue weighted by Crippen LogP contribution is -2.34. The molecule has 1 aliphatic rings. The second-order valence-corrected chi connectivity index (χ2v) is 6.98. The Morgan fingerprint density at radius 2 is 2.00 bits per heavy atom. The van der Waals surface area contributed by atoms with Gasteiger partial charge in [-0.15, -0.1) is 11.3 Å². The standard InChI is InChI=1S/C17H26N2O3S/c1-4-11(3)18-10-14(20)19-16-15(17(21)22-5-2)12-8-6-7-9-13(12)23-16/h11,18H,4-10H2,1-3H3,(H,19,20). The van der Waals surface area contributed by atoms with E-state index in [9.17, 15) is 9.59 Å². The zero-order valence-electron chi connectivity index (χ0n) is 14.2. The predicted octanol–water partition coefficient (Wildman–Crippen LogP) is 3.13. The Balaban J connectivity index is 2.15. The van der Waals surface area contributed by atoms with Gasteiger partial charge < -0.3 is 15.4 Å². The maximum absolute atomic E-state index is 12.3. The van der Waals surface area contributed by atoms with E-state index < -0.39 is 0 Å². The van der Waals surface area contributed by atoms with Gasteiger partial charge in [0.25, 0.3) is 0 Å². The van der Waals surface area contributed by atoms with Crippen LogP contribution in [0.2, 0.25) is 0 Å². The van der Waals surface area contributed by atoms with E-state index in [2.05, 4.69) is 17.6 Å². The van der Waals surface area contributed by atoms with E-state index in [0.29, 0.717) is 23.2 Å². The molecule has 0 bridgehead atoms. The largest absolute Gasteiger partial charge is 0.462 e. The number of esters is 1. The third-order valence-corrected chi connectivity index (χ3v) is 5.33. The zero-order valence-corrected chi connectivity index (χ0v) is 15.0. The molecule has 2 N–H and O–H groups in total. The first-order chi connectivity index (χ1) is 11.1. The number of ether oxygens (including phenoxy) is 1. The number of aryl methyl sites for hydroxylation is 1. The molecule has 1 aliphatic carbocycles. The molecule has 1 atom stereocenters. The number of anilines is 1. The summed E-state index contributed by atoms with van der Waals surface area (Å²) in [6.07, 6.45) is 5.06. The van der Waals surface area contributed by atoms with Crippen LogP contribution in [0.15, 0.2) is 0 Å². The fourth-order valence-electron chi connectivity index (χ4n) is 2.66. The molecule has 0 saturated heterocycles. The number of carbonyl (C=O) groups excluding carboxylic acids is 2. The molecule has 0 radical (unpaired) electrons. The molecule has 1 amide bonds. The summed E-state index contributed by atoms with van der Waals surface area (Å²) in [6.45, 7) is 6.50. The lowest BCUT2D eigenvalue weighted by molar-refractivity contribution is -0.115. The molecule has 23 heavy (non-hydrogen) atoms. The minimum absolute atomic E-state index is 0.116. The number of hydrogen-bond acceptors (Lipinski definition) is 5. The second-order valence-electron chi connectivity index (χ2n) is 5.87. The quantitative estimate of drug-likeness (QED) is 0.750. The van der Waals surface area contributed by atoms with Crippen LogP contribution < -0.4 is 10.6 Å². The highest BCUT2D eigenvalue weighted by molar-refractivity contribution is 7.17.